The summed E-state index contributed by atoms with van der Waals surface area (Å²) in [6.45, 7) is 0. The Morgan fingerprint density at radius 3 is 2.58 bits per heavy atom. The van der Waals surface area contributed by atoms with E-state index in [1.807, 2.05) is 0 Å². The maximum absolute atomic E-state index is 11.3. The van der Waals surface area contributed by atoms with Gasteiger partial charge in [-0.05, 0) is 58.4 Å². The van der Waals surface area contributed by atoms with Crippen LogP contribution in [-0.2, 0) is 12.8 Å². The second-order valence-electron chi connectivity index (χ2n) is 7.58. The van der Waals surface area contributed by atoms with Gasteiger partial charge in [-0.3, -0.25) is 15.2 Å². The Morgan fingerprint density at radius 2 is 1.68 bits per heavy atom. The van der Waals surface area contributed by atoms with Gasteiger partial charge in [-0.1, -0.05) is 48.5 Å². The van der Waals surface area contributed by atoms with Crippen LogP contribution in [0.25, 0.3) is 32.7 Å². The van der Waals surface area contributed by atoms with Crippen molar-refractivity contribution in [1.29, 1.82) is 0 Å². The van der Waals surface area contributed by atoms with Gasteiger partial charge in [0.05, 0.1) is 0 Å². The Labute approximate surface area is 178 Å². The van der Waals surface area contributed by atoms with Gasteiger partial charge in [-0.25, -0.2) is 15.8 Å². The van der Waals surface area contributed by atoms with Gasteiger partial charge in [0.2, 0.25) is 5.95 Å². The number of nitrogens with two attached hydrogens (primary N) is 1. The van der Waals surface area contributed by atoms with E-state index in [-0.39, 0.29) is 22.7 Å². The van der Waals surface area contributed by atoms with Gasteiger partial charge in [-0.15, -0.1) is 0 Å². The summed E-state index contributed by atoms with van der Waals surface area (Å²) in [5.74, 6) is 5.24. The van der Waals surface area contributed by atoms with Gasteiger partial charge in [0, 0.05) is 12.4 Å². The molecule has 0 fully saturated rings. The topological polar surface area (TPSA) is 110 Å². The molecule has 1 aliphatic rings. The van der Waals surface area contributed by atoms with Gasteiger partial charge in [0.1, 0.15) is 0 Å². The zero-order valence-corrected chi connectivity index (χ0v) is 16.9. The molecule has 31 heavy (non-hydrogen) atoms. The van der Waals surface area contributed by atoms with Crippen molar-refractivity contribution in [2.75, 3.05) is 5.43 Å². The minimum absolute atomic E-state index is 0.165. The minimum atomic E-state index is -0.369. The van der Waals surface area contributed by atoms with Gasteiger partial charge in [0.25, 0.3) is 5.56 Å². The third-order valence-electron chi connectivity index (χ3n) is 5.74. The van der Waals surface area contributed by atoms with Crippen molar-refractivity contribution >= 4 is 38.7 Å². The van der Waals surface area contributed by atoms with Crippen LogP contribution in [0.1, 0.15) is 24.0 Å². The second kappa shape index (κ2) is 8.12. The van der Waals surface area contributed by atoms with Crippen molar-refractivity contribution < 1.29 is 0 Å². The van der Waals surface area contributed by atoms with E-state index in [0.29, 0.717) is 0 Å². The van der Waals surface area contributed by atoms with Crippen LogP contribution in [0.4, 0.5) is 5.95 Å². The molecule has 6 rings (SSSR count). The second-order valence-corrected chi connectivity index (χ2v) is 7.58. The van der Waals surface area contributed by atoms with Gasteiger partial charge >= 0.3 is 0 Å². The number of nitrogens with one attached hydrogen (secondary N) is 2. The van der Waals surface area contributed by atoms with Crippen molar-refractivity contribution in [3.63, 3.8) is 0 Å². The number of nitrogens with zero attached hydrogens (tertiary/aromatic N) is 3. The van der Waals surface area contributed by atoms with E-state index in [9.17, 15) is 4.79 Å². The van der Waals surface area contributed by atoms with Crippen molar-refractivity contribution in [2.45, 2.75) is 25.7 Å². The Bertz CT molecular complexity index is 1460. The number of H-pyrrole nitrogens is 1. The molecule has 3 aromatic carbocycles. The summed E-state index contributed by atoms with van der Waals surface area (Å²) >= 11 is 0. The summed E-state index contributed by atoms with van der Waals surface area (Å²) in [5.41, 5.74) is 5.49. The normalized spacial score (nSPS) is 12.9. The Morgan fingerprint density at radius 1 is 0.871 bits per heavy atom. The van der Waals surface area contributed by atoms with Crippen LogP contribution >= 0.6 is 0 Å². The summed E-state index contributed by atoms with van der Waals surface area (Å²) in [6, 6.07) is 18.0. The Hall–Kier alpha value is -3.84. The van der Waals surface area contributed by atoms with Crippen LogP contribution in [0.5, 0.6) is 0 Å². The molecule has 0 saturated heterocycles. The zero-order chi connectivity index (χ0) is 21.2. The number of hydrazine groups is 1. The lowest BCUT2D eigenvalue weighted by atomic mass is 9.86. The van der Waals surface area contributed by atoms with Gasteiger partial charge in [0.15, 0.2) is 11.2 Å². The fourth-order valence-electron chi connectivity index (χ4n) is 4.28. The van der Waals surface area contributed by atoms with Crippen molar-refractivity contribution in [3.8, 4) is 0 Å². The SMILES string of the molecule is NNc1nc2nccnc2c(=O)[nH]1.c1ccc2c(c1)ccc1c3c(ccc12)CCCC3. The third kappa shape index (κ3) is 3.60. The molecule has 0 aliphatic heterocycles. The quantitative estimate of drug-likeness (QED) is 0.220. The van der Waals surface area contributed by atoms with Crippen LogP contribution in [0, 0.1) is 0 Å². The van der Waals surface area contributed by atoms with Crippen LogP contribution in [-0.4, -0.2) is 19.9 Å². The van der Waals surface area contributed by atoms with Crippen molar-refractivity contribution in [3.05, 3.63) is 82.4 Å². The van der Waals surface area contributed by atoms with Crippen LogP contribution in [0.3, 0.4) is 0 Å². The minimum Gasteiger partial charge on any atom is -0.294 e. The van der Waals surface area contributed by atoms with E-state index in [1.54, 1.807) is 11.1 Å². The molecule has 7 nitrogen and oxygen atoms in total. The summed E-state index contributed by atoms with van der Waals surface area (Å²) in [4.78, 5) is 25.2. The third-order valence-corrected chi connectivity index (χ3v) is 5.74. The highest BCUT2D eigenvalue weighted by Gasteiger charge is 2.13. The number of rotatable bonds is 1. The molecule has 4 N–H and O–H groups in total. The number of aromatic nitrogens is 4. The summed E-state index contributed by atoms with van der Waals surface area (Å²) in [5, 5.41) is 5.64. The number of anilines is 1. The molecule has 0 amide bonds. The Balaban J connectivity index is 0.000000140. The number of aryl methyl sites for hydroxylation is 2. The number of nitrogen functional groups attached to an aromatic ring is 1. The highest BCUT2D eigenvalue weighted by atomic mass is 16.1. The molecular weight excluding hydrogens is 388 g/mol. The predicted octanol–water partition coefficient (Wildman–Crippen LogP) is 3.87. The summed E-state index contributed by atoms with van der Waals surface area (Å²) < 4.78 is 0. The average molecular weight is 410 g/mol. The molecule has 1 aliphatic carbocycles. The lowest BCUT2D eigenvalue weighted by Gasteiger charge is -2.18. The highest BCUT2D eigenvalue weighted by molar-refractivity contribution is 6.08. The highest BCUT2D eigenvalue weighted by Crippen LogP contribution is 2.33. The van der Waals surface area contributed by atoms with E-state index in [4.69, 9.17) is 5.84 Å². The first kappa shape index (κ1) is 19.1. The molecular formula is C24H22N6O. The first-order chi connectivity index (χ1) is 15.2. The molecule has 0 bridgehead atoms. The first-order valence-electron chi connectivity index (χ1n) is 10.3. The molecule has 5 aromatic rings. The lowest BCUT2D eigenvalue weighted by Crippen LogP contribution is -2.17. The predicted molar refractivity (Wildman–Crippen MR) is 124 cm³/mol. The zero-order valence-electron chi connectivity index (χ0n) is 16.9. The van der Waals surface area contributed by atoms with Crippen LogP contribution in [0.2, 0.25) is 0 Å². The monoisotopic (exact) mass is 410 g/mol. The first-order valence-corrected chi connectivity index (χ1v) is 10.3. The average Bonchev–Trinajstić information content (AvgIpc) is 2.84. The van der Waals surface area contributed by atoms with E-state index >= 15 is 0 Å². The fourth-order valence-corrected chi connectivity index (χ4v) is 4.28. The molecule has 2 heterocycles. The van der Waals surface area contributed by atoms with Gasteiger partial charge < -0.3 is 0 Å². The lowest BCUT2D eigenvalue weighted by molar-refractivity contribution is 0.690. The number of hydrogen-bond donors (Lipinski definition) is 3. The molecule has 0 radical (unpaired) electrons. The molecule has 7 heteroatoms. The molecule has 0 saturated carbocycles. The van der Waals surface area contributed by atoms with E-state index in [2.05, 4.69) is 73.9 Å². The molecule has 0 spiro atoms. The number of fused-ring (bicyclic) bond motifs is 6. The molecule has 0 atom stereocenters. The number of benzene rings is 3. The molecule has 0 unspecified atom stereocenters. The standard InChI is InChI=1S/C18H16.C6H6N6O/c1-3-7-15-13(5-1)9-11-18-16-8-4-2-6-14(16)10-12-17(15)18;7-12-6-10-4-3(5(13)11-6)8-1-2-9-4/h1,3,5,7,9-12H,2,4,6,8H2;1-2H,7H2,(H2,9,10,11,12,13). The smallest absolute Gasteiger partial charge is 0.280 e. The van der Waals surface area contributed by atoms with Crippen LogP contribution < -0.4 is 16.8 Å². The van der Waals surface area contributed by atoms with Crippen molar-refractivity contribution in [2.24, 2.45) is 5.84 Å². The maximum Gasteiger partial charge on any atom is 0.280 e. The molecule has 154 valence electrons. The maximum atomic E-state index is 11.3. The van der Waals surface area contributed by atoms with Gasteiger partial charge in [-0.2, -0.15) is 4.98 Å². The summed E-state index contributed by atoms with van der Waals surface area (Å²) in [6.07, 6.45) is 8.10. The van der Waals surface area contributed by atoms with Crippen LogP contribution in [0.15, 0.2) is 65.7 Å². The fraction of sp³-hybridized carbons (Fsp3) is 0.167. The largest absolute Gasteiger partial charge is 0.294 e. The van der Waals surface area contributed by atoms with E-state index in [0.717, 1.165) is 0 Å². The Kier molecular flexibility index (Phi) is 5.01. The number of hydrogen-bond acceptors (Lipinski definition) is 6. The summed E-state index contributed by atoms with van der Waals surface area (Å²) in [7, 11) is 0. The van der Waals surface area contributed by atoms with E-state index < -0.39 is 0 Å². The van der Waals surface area contributed by atoms with Crippen molar-refractivity contribution in [1.82, 2.24) is 19.9 Å². The molecule has 2 aromatic heterocycles. The number of aromatic amines is 1. The van der Waals surface area contributed by atoms with E-state index in [1.165, 1.54) is 59.6 Å².